The Kier molecular flexibility index (Phi) is 6.32. The molecule has 5 nitrogen and oxygen atoms in total. The Balaban J connectivity index is 1.67. The van der Waals surface area contributed by atoms with Crippen molar-refractivity contribution in [1.29, 1.82) is 0 Å². The second-order valence-electron chi connectivity index (χ2n) is 6.69. The first kappa shape index (κ1) is 20.7. The van der Waals surface area contributed by atoms with E-state index in [1.165, 1.54) is 4.31 Å². The quantitative estimate of drug-likeness (QED) is 0.787. The van der Waals surface area contributed by atoms with Crippen molar-refractivity contribution in [1.82, 2.24) is 4.31 Å². The highest BCUT2D eigenvalue weighted by Gasteiger charge is 2.32. The maximum absolute atomic E-state index is 13.7. The van der Waals surface area contributed by atoms with E-state index in [2.05, 4.69) is 5.32 Å². The van der Waals surface area contributed by atoms with Crippen LogP contribution in [0.5, 0.6) is 0 Å². The number of benzene rings is 2. The molecule has 0 saturated carbocycles. The van der Waals surface area contributed by atoms with Gasteiger partial charge in [-0.3, -0.25) is 4.79 Å². The molecule has 0 aliphatic carbocycles. The summed E-state index contributed by atoms with van der Waals surface area (Å²) in [5.41, 5.74) is 0.469. The van der Waals surface area contributed by atoms with Gasteiger partial charge in [0.25, 0.3) is 0 Å². The predicted molar refractivity (Wildman–Crippen MR) is 103 cm³/mol. The van der Waals surface area contributed by atoms with Crippen molar-refractivity contribution >= 4 is 33.2 Å². The van der Waals surface area contributed by atoms with E-state index in [0.29, 0.717) is 36.0 Å². The van der Waals surface area contributed by atoms with Crippen LogP contribution >= 0.6 is 11.6 Å². The summed E-state index contributed by atoms with van der Waals surface area (Å²) < 4.78 is 53.5. The van der Waals surface area contributed by atoms with Gasteiger partial charge in [-0.1, -0.05) is 23.7 Å². The zero-order valence-electron chi connectivity index (χ0n) is 14.9. The van der Waals surface area contributed by atoms with Crippen LogP contribution in [0.15, 0.2) is 42.5 Å². The number of carbonyl (C=O) groups excluding carboxylic acids is 1. The Bertz CT molecular complexity index is 968. The number of sulfonamides is 1. The van der Waals surface area contributed by atoms with Crippen molar-refractivity contribution in [3.63, 3.8) is 0 Å². The van der Waals surface area contributed by atoms with Crippen molar-refractivity contribution in [3.05, 3.63) is 64.7 Å². The van der Waals surface area contributed by atoms with Gasteiger partial charge in [-0.15, -0.1) is 0 Å². The lowest BCUT2D eigenvalue weighted by Crippen LogP contribution is -2.44. The van der Waals surface area contributed by atoms with Crippen LogP contribution in [0.25, 0.3) is 0 Å². The highest BCUT2D eigenvalue weighted by molar-refractivity contribution is 7.88. The molecule has 0 unspecified atom stereocenters. The number of nitrogens with zero attached hydrogens (tertiary/aromatic N) is 1. The molecule has 2 aromatic rings. The molecule has 1 aliphatic heterocycles. The van der Waals surface area contributed by atoms with E-state index in [9.17, 15) is 22.0 Å². The fraction of sp³-hybridized carbons (Fsp3) is 0.316. The van der Waals surface area contributed by atoms with Crippen LogP contribution in [0, 0.1) is 17.6 Å². The smallest absolute Gasteiger partial charge is 0.228 e. The molecular weight excluding hydrogens is 410 g/mol. The highest BCUT2D eigenvalue weighted by Crippen LogP contribution is 2.24. The van der Waals surface area contributed by atoms with Gasteiger partial charge in [-0.2, -0.15) is 0 Å². The minimum atomic E-state index is -3.62. The first-order chi connectivity index (χ1) is 13.2. The Morgan fingerprint density at radius 2 is 1.89 bits per heavy atom. The summed E-state index contributed by atoms with van der Waals surface area (Å²) in [7, 11) is -3.62. The molecule has 1 amide bonds. The van der Waals surface area contributed by atoms with Crippen molar-refractivity contribution in [3.8, 4) is 0 Å². The first-order valence-electron chi connectivity index (χ1n) is 8.73. The average Bonchev–Trinajstić information content (AvgIpc) is 2.66. The van der Waals surface area contributed by atoms with Crippen LogP contribution in [0.3, 0.4) is 0 Å². The summed E-state index contributed by atoms with van der Waals surface area (Å²) in [5, 5.41) is 2.94. The van der Waals surface area contributed by atoms with E-state index < -0.39 is 33.5 Å². The summed E-state index contributed by atoms with van der Waals surface area (Å²) in [6.07, 6.45) is 1.01. The molecule has 2 aromatic carbocycles. The fourth-order valence-electron chi connectivity index (χ4n) is 3.12. The lowest BCUT2D eigenvalue weighted by molar-refractivity contribution is -0.120. The number of nitrogens with one attached hydrogen (secondary N) is 1. The third-order valence-corrected chi connectivity index (χ3v) is 6.67. The number of rotatable bonds is 5. The van der Waals surface area contributed by atoms with Crippen molar-refractivity contribution < 1.29 is 22.0 Å². The molecule has 1 fully saturated rings. The average molecular weight is 429 g/mol. The Hall–Kier alpha value is -2.03. The summed E-state index contributed by atoms with van der Waals surface area (Å²) in [6, 6.07) is 9.39. The molecule has 1 heterocycles. The Morgan fingerprint density at radius 3 is 2.57 bits per heavy atom. The van der Waals surface area contributed by atoms with Gasteiger partial charge in [-0.25, -0.2) is 21.5 Å². The SMILES string of the molecule is O=C(Nc1ccc(F)cc1F)[C@H]1CCCN(S(=O)(=O)Cc2ccc(Cl)cc2)C1. The number of anilines is 1. The summed E-state index contributed by atoms with van der Waals surface area (Å²) >= 11 is 5.82. The molecule has 3 rings (SSSR count). The first-order valence-corrected chi connectivity index (χ1v) is 10.7. The van der Waals surface area contributed by atoms with E-state index in [1.807, 2.05) is 0 Å². The third-order valence-electron chi connectivity index (χ3n) is 4.60. The molecule has 0 spiro atoms. The molecule has 9 heteroatoms. The van der Waals surface area contributed by atoms with Gasteiger partial charge in [0.1, 0.15) is 11.6 Å². The molecule has 28 heavy (non-hydrogen) atoms. The lowest BCUT2D eigenvalue weighted by Gasteiger charge is -2.31. The van der Waals surface area contributed by atoms with Crippen LogP contribution in [0.2, 0.25) is 5.02 Å². The maximum Gasteiger partial charge on any atom is 0.228 e. The number of halogens is 3. The molecule has 1 aliphatic rings. The molecule has 0 aromatic heterocycles. The fourth-order valence-corrected chi connectivity index (χ4v) is 4.85. The molecular formula is C19H19ClF2N2O3S. The molecule has 1 saturated heterocycles. The molecule has 1 atom stereocenters. The number of hydrogen-bond acceptors (Lipinski definition) is 3. The molecule has 0 bridgehead atoms. The van der Waals surface area contributed by atoms with Gasteiger partial charge in [0.05, 0.1) is 17.4 Å². The largest absolute Gasteiger partial charge is 0.323 e. The molecule has 150 valence electrons. The van der Waals surface area contributed by atoms with Gasteiger partial charge in [0.2, 0.25) is 15.9 Å². The highest BCUT2D eigenvalue weighted by atomic mass is 35.5. The van der Waals surface area contributed by atoms with Crippen LogP contribution < -0.4 is 5.32 Å². The number of hydrogen-bond donors (Lipinski definition) is 1. The van der Waals surface area contributed by atoms with Crippen LogP contribution in [-0.4, -0.2) is 31.7 Å². The van der Waals surface area contributed by atoms with Crippen LogP contribution in [-0.2, 0) is 20.6 Å². The summed E-state index contributed by atoms with van der Waals surface area (Å²) in [4.78, 5) is 12.5. The number of amides is 1. The van der Waals surface area contributed by atoms with Crippen LogP contribution in [0.1, 0.15) is 18.4 Å². The maximum atomic E-state index is 13.7. The number of carbonyl (C=O) groups is 1. The predicted octanol–water partition coefficient (Wildman–Crippen LogP) is 3.80. The standard InChI is InChI=1S/C19H19ClF2N2O3S/c20-15-5-3-13(4-6-15)12-28(26,27)24-9-1-2-14(11-24)19(25)23-18-8-7-16(21)10-17(18)22/h3-8,10,14H,1-2,9,11-12H2,(H,23,25)/t14-/m0/s1. The van der Waals surface area contributed by atoms with Gasteiger partial charge in [0, 0.05) is 24.2 Å². The Labute approximate surface area is 167 Å². The van der Waals surface area contributed by atoms with E-state index in [-0.39, 0.29) is 18.0 Å². The van der Waals surface area contributed by atoms with Crippen molar-refractivity contribution in [2.75, 3.05) is 18.4 Å². The third kappa shape index (κ3) is 5.06. The topological polar surface area (TPSA) is 66.5 Å². The minimum absolute atomic E-state index is 0.0184. The van der Waals surface area contributed by atoms with Crippen molar-refractivity contribution in [2.45, 2.75) is 18.6 Å². The zero-order valence-corrected chi connectivity index (χ0v) is 16.4. The second-order valence-corrected chi connectivity index (χ2v) is 9.10. The number of piperidine rings is 1. The molecule has 1 N–H and O–H groups in total. The summed E-state index contributed by atoms with van der Waals surface area (Å²) in [5.74, 6) is -2.91. The van der Waals surface area contributed by atoms with Crippen molar-refractivity contribution in [2.24, 2.45) is 5.92 Å². The lowest BCUT2D eigenvalue weighted by atomic mass is 9.98. The van der Waals surface area contributed by atoms with E-state index in [4.69, 9.17) is 11.6 Å². The van der Waals surface area contributed by atoms with Crippen LogP contribution in [0.4, 0.5) is 14.5 Å². The van der Waals surface area contributed by atoms with Gasteiger partial charge >= 0.3 is 0 Å². The van der Waals surface area contributed by atoms with E-state index >= 15 is 0 Å². The zero-order chi connectivity index (χ0) is 20.3. The minimum Gasteiger partial charge on any atom is -0.323 e. The van der Waals surface area contributed by atoms with E-state index in [0.717, 1.165) is 12.1 Å². The van der Waals surface area contributed by atoms with Gasteiger partial charge in [0.15, 0.2) is 0 Å². The molecule has 0 radical (unpaired) electrons. The second kappa shape index (κ2) is 8.55. The van der Waals surface area contributed by atoms with Gasteiger partial charge in [-0.05, 0) is 42.7 Å². The monoisotopic (exact) mass is 428 g/mol. The Morgan fingerprint density at radius 1 is 1.18 bits per heavy atom. The summed E-state index contributed by atoms with van der Waals surface area (Å²) in [6.45, 7) is 0.342. The van der Waals surface area contributed by atoms with Gasteiger partial charge < -0.3 is 5.32 Å². The van der Waals surface area contributed by atoms with E-state index in [1.54, 1.807) is 24.3 Å². The normalized spacial score (nSPS) is 18.0.